The van der Waals surface area contributed by atoms with Gasteiger partial charge in [-0.25, -0.2) is 0 Å². The van der Waals surface area contributed by atoms with Gasteiger partial charge in [-0.05, 0) is 25.2 Å². The van der Waals surface area contributed by atoms with E-state index in [1.165, 1.54) is 0 Å². The molecule has 0 saturated carbocycles. The number of rotatable bonds is 16. The average molecular weight is 432 g/mol. The Bertz CT molecular complexity index is 628. The monoisotopic (exact) mass is 431 g/mol. The molecule has 0 aliphatic heterocycles. The van der Waals surface area contributed by atoms with E-state index in [9.17, 15) is 23.0 Å². The second kappa shape index (κ2) is 13.2. The molecule has 0 aromatic rings. The Balaban J connectivity index is 6.43. The highest BCUT2D eigenvalue weighted by Gasteiger charge is 2.54. The summed E-state index contributed by atoms with van der Waals surface area (Å²) in [4.78, 5) is 12.4. The summed E-state index contributed by atoms with van der Waals surface area (Å²) >= 11 is 0. The van der Waals surface area contributed by atoms with Gasteiger partial charge in [0.1, 0.15) is 5.60 Å². The Kier molecular flexibility index (Phi) is 12.7. The molecule has 0 rings (SSSR count). The number of hydrogen-bond donors (Lipinski definition) is 1. The summed E-state index contributed by atoms with van der Waals surface area (Å²) < 4.78 is 38.7. The molecule has 0 aliphatic carbocycles. The predicted molar refractivity (Wildman–Crippen MR) is 116 cm³/mol. The van der Waals surface area contributed by atoms with Crippen molar-refractivity contribution in [3.05, 3.63) is 0 Å². The van der Waals surface area contributed by atoms with Crippen molar-refractivity contribution in [3.8, 4) is 6.07 Å². The minimum absolute atomic E-state index is 0.0642. The van der Waals surface area contributed by atoms with Crippen LogP contribution in [-0.4, -0.2) is 30.3 Å². The number of nitrogens with zero attached hydrogens (tertiary/aromatic N) is 1. The van der Waals surface area contributed by atoms with Gasteiger partial charge in [-0.3, -0.25) is 9.35 Å². The average Bonchev–Trinajstić information content (AvgIpc) is 2.69. The first-order chi connectivity index (χ1) is 13.6. The maximum atomic E-state index is 12.4. The number of hydrogen-bond acceptors (Lipinski definition) is 5. The Morgan fingerprint density at radius 1 is 1.10 bits per heavy atom. The van der Waals surface area contributed by atoms with Crippen LogP contribution in [0, 0.1) is 22.7 Å². The zero-order valence-electron chi connectivity index (χ0n) is 19.0. The van der Waals surface area contributed by atoms with E-state index in [1.54, 1.807) is 6.92 Å². The fourth-order valence-corrected chi connectivity index (χ4v) is 4.75. The third-order valence-electron chi connectivity index (χ3n) is 6.17. The first-order valence-corrected chi connectivity index (χ1v) is 12.8. The van der Waals surface area contributed by atoms with Crippen LogP contribution in [0.5, 0.6) is 0 Å². The number of esters is 1. The lowest BCUT2D eigenvalue weighted by Gasteiger charge is -2.47. The molecule has 0 aromatic heterocycles. The Morgan fingerprint density at radius 2 is 1.72 bits per heavy atom. The molecule has 0 aliphatic rings. The highest BCUT2D eigenvalue weighted by Crippen LogP contribution is 2.49. The molecule has 7 heteroatoms. The van der Waals surface area contributed by atoms with Gasteiger partial charge < -0.3 is 4.74 Å². The normalized spacial score (nSPS) is 17.0. The molecule has 170 valence electrons. The molecule has 0 aromatic carbocycles. The van der Waals surface area contributed by atoms with Crippen molar-refractivity contribution in [3.63, 3.8) is 0 Å². The highest BCUT2D eigenvalue weighted by molar-refractivity contribution is 7.85. The summed E-state index contributed by atoms with van der Waals surface area (Å²) in [6.45, 7) is 9.81. The van der Waals surface area contributed by atoms with Gasteiger partial charge in [0, 0.05) is 12.8 Å². The van der Waals surface area contributed by atoms with Crippen molar-refractivity contribution in [2.75, 3.05) is 5.75 Å². The quantitative estimate of drug-likeness (QED) is 0.249. The van der Waals surface area contributed by atoms with E-state index in [4.69, 9.17) is 4.74 Å². The Hall–Kier alpha value is -1.13. The van der Waals surface area contributed by atoms with Gasteiger partial charge in [-0.1, -0.05) is 73.1 Å². The molecule has 29 heavy (non-hydrogen) atoms. The van der Waals surface area contributed by atoms with Gasteiger partial charge in [-0.2, -0.15) is 13.7 Å². The summed E-state index contributed by atoms with van der Waals surface area (Å²) in [6.07, 6.45) is 7.03. The molecule has 0 saturated heterocycles. The van der Waals surface area contributed by atoms with Gasteiger partial charge in [0.05, 0.1) is 17.2 Å². The van der Waals surface area contributed by atoms with E-state index >= 15 is 0 Å². The van der Waals surface area contributed by atoms with E-state index in [2.05, 4.69) is 19.9 Å². The van der Waals surface area contributed by atoms with Gasteiger partial charge in [0.2, 0.25) is 0 Å². The van der Waals surface area contributed by atoms with Crippen molar-refractivity contribution in [2.24, 2.45) is 11.3 Å². The van der Waals surface area contributed by atoms with E-state index in [0.717, 1.165) is 38.5 Å². The van der Waals surface area contributed by atoms with Crippen LogP contribution in [0.2, 0.25) is 0 Å². The van der Waals surface area contributed by atoms with Gasteiger partial charge >= 0.3 is 5.97 Å². The summed E-state index contributed by atoms with van der Waals surface area (Å²) in [5.41, 5.74) is -2.22. The van der Waals surface area contributed by atoms with Crippen molar-refractivity contribution in [1.29, 1.82) is 5.26 Å². The van der Waals surface area contributed by atoms with Crippen molar-refractivity contribution in [1.82, 2.24) is 0 Å². The van der Waals surface area contributed by atoms with E-state index in [0.29, 0.717) is 19.3 Å². The summed E-state index contributed by atoms with van der Waals surface area (Å²) in [7, 11) is -4.26. The Morgan fingerprint density at radius 3 is 2.14 bits per heavy atom. The molecule has 0 bridgehead atoms. The predicted octanol–water partition coefficient (Wildman–Crippen LogP) is 5.67. The topological polar surface area (TPSA) is 104 Å². The molecule has 0 radical (unpaired) electrons. The van der Waals surface area contributed by atoms with Crippen molar-refractivity contribution in [2.45, 2.75) is 111 Å². The van der Waals surface area contributed by atoms with Crippen LogP contribution in [0.15, 0.2) is 0 Å². The smallest absolute Gasteiger partial charge is 0.306 e. The van der Waals surface area contributed by atoms with Crippen LogP contribution < -0.4 is 0 Å². The summed E-state index contributed by atoms with van der Waals surface area (Å²) in [6, 6.07) is 2.44. The first-order valence-electron chi connectivity index (χ1n) is 11.2. The van der Waals surface area contributed by atoms with Crippen LogP contribution in [0.1, 0.15) is 105 Å². The first kappa shape index (κ1) is 27.9. The van der Waals surface area contributed by atoms with Crippen LogP contribution in [0.25, 0.3) is 0 Å². The third-order valence-corrected chi connectivity index (χ3v) is 6.89. The van der Waals surface area contributed by atoms with E-state index < -0.39 is 32.9 Å². The zero-order chi connectivity index (χ0) is 22.6. The number of nitriles is 1. The molecule has 0 heterocycles. The number of unbranched alkanes of at least 4 members (excludes halogenated alkanes) is 2. The van der Waals surface area contributed by atoms with Crippen molar-refractivity contribution < 1.29 is 22.5 Å². The molecule has 3 unspecified atom stereocenters. The molecular formula is C22H41NO5S. The lowest BCUT2D eigenvalue weighted by molar-refractivity contribution is -0.178. The number of carbonyl (C=O) groups excluding carboxylic acids is 1. The molecular weight excluding hydrogens is 390 g/mol. The third kappa shape index (κ3) is 8.64. The van der Waals surface area contributed by atoms with Crippen LogP contribution in [-0.2, 0) is 19.6 Å². The minimum Gasteiger partial charge on any atom is -0.457 e. The molecule has 6 nitrogen and oxygen atoms in total. The highest BCUT2D eigenvalue weighted by atomic mass is 32.2. The summed E-state index contributed by atoms with van der Waals surface area (Å²) in [5.74, 6) is -0.749. The van der Waals surface area contributed by atoms with Gasteiger partial charge in [0.15, 0.2) is 0 Å². The van der Waals surface area contributed by atoms with Crippen LogP contribution in [0.3, 0.4) is 0 Å². The lowest BCUT2D eigenvalue weighted by atomic mass is 9.62. The molecule has 0 fully saturated rings. The van der Waals surface area contributed by atoms with Crippen LogP contribution in [0.4, 0.5) is 0 Å². The fraction of sp³-hybridized carbons (Fsp3) is 0.909. The Labute approximate surface area is 178 Å². The SMILES string of the molecule is CCCCC(CC)CC(CCS(=O)(=O)O)(OC(=O)CC)C(C#N)(CC)CCCC. The van der Waals surface area contributed by atoms with Crippen molar-refractivity contribution >= 4 is 16.1 Å². The largest absolute Gasteiger partial charge is 0.457 e. The number of carbonyl (C=O) groups is 1. The lowest BCUT2D eigenvalue weighted by Crippen LogP contribution is -2.53. The maximum Gasteiger partial charge on any atom is 0.306 e. The van der Waals surface area contributed by atoms with Gasteiger partial charge in [-0.15, -0.1) is 0 Å². The molecule has 1 N–H and O–H groups in total. The summed E-state index contributed by atoms with van der Waals surface area (Å²) in [5, 5.41) is 10.3. The maximum absolute atomic E-state index is 12.4. The molecule has 0 spiro atoms. The van der Waals surface area contributed by atoms with E-state index in [1.807, 2.05) is 13.8 Å². The minimum atomic E-state index is -4.26. The molecule has 3 atom stereocenters. The van der Waals surface area contributed by atoms with Gasteiger partial charge in [0.25, 0.3) is 10.1 Å². The second-order valence-corrected chi connectivity index (χ2v) is 9.70. The van der Waals surface area contributed by atoms with Crippen LogP contribution >= 0.6 is 0 Å². The second-order valence-electron chi connectivity index (χ2n) is 8.13. The number of ether oxygens (including phenoxy) is 1. The fourth-order valence-electron chi connectivity index (χ4n) is 4.16. The molecule has 0 amide bonds. The standard InChI is InChI=1S/C22H41NO5S/c1-6-11-13-19(8-3)17-22(28-20(24)9-4,15-16-29(25,26)27)21(10-5,18-23)14-12-7-2/h19H,6-17H2,1-5H3,(H,25,26,27). The van der Waals surface area contributed by atoms with E-state index in [-0.39, 0.29) is 18.8 Å². The zero-order valence-corrected chi connectivity index (χ0v) is 19.8.